The van der Waals surface area contributed by atoms with E-state index in [1.165, 1.54) is 0 Å². The largest absolute Gasteiger partial charge is 0.489 e. The van der Waals surface area contributed by atoms with Crippen molar-refractivity contribution in [3.8, 4) is 5.75 Å². The van der Waals surface area contributed by atoms with Gasteiger partial charge in [-0.05, 0) is 76.2 Å². The third kappa shape index (κ3) is 4.23. The van der Waals surface area contributed by atoms with Gasteiger partial charge in [0, 0.05) is 57.2 Å². The van der Waals surface area contributed by atoms with Gasteiger partial charge in [0.25, 0.3) is 0 Å². The Morgan fingerprint density at radius 1 is 1.11 bits per heavy atom. The van der Waals surface area contributed by atoms with Crippen LogP contribution in [0.2, 0.25) is 10.0 Å². The van der Waals surface area contributed by atoms with E-state index in [2.05, 4.69) is 76.8 Å². The number of nitrogens with zero attached hydrogens (tertiary/aromatic N) is 4. The van der Waals surface area contributed by atoms with Crippen LogP contribution in [0.4, 0.5) is 5.69 Å². The molecule has 3 aromatic carbocycles. The summed E-state index contributed by atoms with van der Waals surface area (Å²) in [5.41, 5.74) is 3.64. The summed E-state index contributed by atoms with van der Waals surface area (Å²) in [7, 11) is 1.95. The molecule has 8 heteroatoms. The third-order valence-corrected chi connectivity index (χ3v) is 8.57. The molecule has 192 valence electrons. The molecule has 3 atom stereocenters. The molecule has 1 saturated heterocycles. The van der Waals surface area contributed by atoms with Crippen molar-refractivity contribution >= 4 is 63.5 Å². The molecule has 0 amide bonds. The van der Waals surface area contributed by atoms with Gasteiger partial charge in [-0.3, -0.25) is 10.0 Å². The van der Waals surface area contributed by atoms with Gasteiger partial charge in [0.1, 0.15) is 18.2 Å². The quantitative estimate of drug-likeness (QED) is 0.206. The molecule has 0 radical (unpaired) electrons. The molecular weight excluding hydrogens is 630 g/mol. The van der Waals surface area contributed by atoms with Crippen molar-refractivity contribution in [1.29, 1.82) is 0 Å². The smallest absolute Gasteiger partial charge is 0.130 e. The van der Waals surface area contributed by atoms with Crippen molar-refractivity contribution in [3.05, 3.63) is 116 Å². The Balaban J connectivity index is 1.67. The Bertz CT molecular complexity index is 1520. The van der Waals surface area contributed by atoms with Crippen LogP contribution in [0.5, 0.6) is 5.75 Å². The van der Waals surface area contributed by atoms with E-state index in [4.69, 9.17) is 38.0 Å². The van der Waals surface area contributed by atoms with Crippen LogP contribution >= 0.6 is 45.8 Å². The number of fused-ring (bicyclic) bond motifs is 3. The van der Waals surface area contributed by atoms with E-state index < -0.39 is 5.41 Å². The van der Waals surface area contributed by atoms with Crippen LogP contribution in [0.15, 0.2) is 95.8 Å². The van der Waals surface area contributed by atoms with E-state index in [9.17, 15) is 0 Å². The molecule has 3 aliphatic rings. The molecule has 0 aliphatic carbocycles. The minimum Gasteiger partial charge on any atom is -0.489 e. The average Bonchev–Trinajstić information content (AvgIpc) is 3.26. The Kier molecular flexibility index (Phi) is 6.74. The zero-order valence-electron chi connectivity index (χ0n) is 20.7. The SMILES string of the molecule is C=CCOc1ccc(I)cc1C1N2C=CN(C)N=C2CC(c2cccc(Cl)c2)C12C=Nc1cc(Cl)ccc12. The second-order valence-corrected chi connectivity index (χ2v) is 11.8. The topological polar surface area (TPSA) is 40.4 Å². The average molecular weight is 655 g/mol. The van der Waals surface area contributed by atoms with E-state index in [0.29, 0.717) is 23.1 Å². The predicted octanol–water partition coefficient (Wildman–Crippen LogP) is 8.08. The molecule has 5 nitrogen and oxygen atoms in total. The molecule has 0 saturated carbocycles. The van der Waals surface area contributed by atoms with Crippen molar-refractivity contribution in [2.45, 2.75) is 23.8 Å². The van der Waals surface area contributed by atoms with Crippen LogP contribution in [0.25, 0.3) is 0 Å². The summed E-state index contributed by atoms with van der Waals surface area (Å²) in [4.78, 5) is 7.26. The first-order valence-corrected chi connectivity index (χ1v) is 14.1. The molecule has 6 rings (SSSR count). The monoisotopic (exact) mass is 654 g/mol. The number of aliphatic imine (C=N–C) groups is 1. The van der Waals surface area contributed by atoms with Gasteiger partial charge in [-0.25, -0.2) is 0 Å². The van der Waals surface area contributed by atoms with E-state index in [1.54, 1.807) is 6.08 Å². The molecule has 3 aliphatic heterocycles. The first-order valence-electron chi connectivity index (χ1n) is 12.3. The lowest BCUT2D eigenvalue weighted by atomic mass is 9.59. The summed E-state index contributed by atoms with van der Waals surface area (Å²) in [5.74, 6) is 1.78. The van der Waals surface area contributed by atoms with Gasteiger partial charge in [-0.1, -0.05) is 54.1 Å². The second kappa shape index (κ2) is 10.1. The standard InChI is InChI=1S/C30H25Cl2IN4O/c1-3-13-38-27-10-8-22(33)16-23(27)29-30(18-34-26-15-21(32)7-9-24(26)30)25(19-5-4-6-20(31)14-19)17-28-35-36(2)11-12-37(28)29/h3-12,14-16,18,25,29H,1,13,17H2,2H3. The molecular formula is C30H25Cl2IN4O. The number of ether oxygens (including phenoxy) is 1. The van der Waals surface area contributed by atoms with Crippen molar-refractivity contribution in [1.82, 2.24) is 9.91 Å². The van der Waals surface area contributed by atoms with Crippen LogP contribution in [-0.2, 0) is 5.41 Å². The van der Waals surface area contributed by atoms with E-state index in [-0.39, 0.29) is 12.0 Å². The first-order chi connectivity index (χ1) is 18.4. The van der Waals surface area contributed by atoms with Gasteiger partial charge in [-0.15, -0.1) is 0 Å². The number of hydrogen-bond donors (Lipinski definition) is 0. The lowest BCUT2D eigenvalue weighted by Gasteiger charge is -2.53. The number of hydrogen-bond acceptors (Lipinski definition) is 5. The lowest BCUT2D eigenvalue weighted by Crippen LogP contribution is -2.55. The highest BCUT2D eigenvalue weighted by atomic mass is 127. The summed E-state index contributed by atoms with van der Waals surface area (Å²) in [6.45, 7) is 4.27. The summed E-state index contributed by atoms with van der Waals surface area (Å²) < 4.78 is 7.37. The molecule has 0 bridgehead atoms. The Hall–Kier alpha value is -2.81. The van der Waals surface area contributed by atoms with Gasteiger partial charge >= 0.3 is 0 Å². The molecule has 3 unspecified atom stereocenters. The zero-order chi connectivity index (χ0) is 26.4. The highest BCUT2D eigenvalue weighted by molar-refractivity contribution is 14.1. The molecule has 1 fully saturated rings. The Labute approximate surface area is 246 Å². The molecule has 0 aromatic heterocycles. The van der Waals surface area contributed by atoms with Crippen LogP contribution in [0.3, 0.4) is 0 Å². The van der Waals surface area contributed by atoms with E-state index in [1.807, 2.05) is 48.6 Å². The van der Waals surface area contributed by atoms with E-state index >= 15 is 0 Å². The highest BCUT2D eigenvalue weighted by Gasteiger charge is 2.57. The fourth-order valence-corrected chi connectivity index (χ4v) is 6.81. The summed E-state index contributed by atoms with van der Waals surface area (Å²) in [6, 6.07) is 20.3. The van der Waals surface area contributed by atoms with Crippen molar-refractivity contribution < 1.29 is 4.74 Å². The first kappa shape index (κ1) is 25.5. The van der Waals surface area contributed by atoms with Crippen LogP contribution in [0, 0.1) is 3.57 Å². The predicted molar refractivity (Wildman–Crippen MR) is 164 cm³/mol. The number of rotatable bonds is 5. The van der Waals surface area contributed by atoms with Crippen molar-refractivity contribution in [2.24, 2.45) is 10.1 Å². The maximum atomic E-state index is 6.56. The second-order valence-electron chi connectivity index (χ2n) is 9.64. The lowest BCUT2D eigenvalue weighted by molar-refractivity contribution is 0.211. The molecule has 38 heavy (non-hydrogen) atoms. The Morgan fingerprint density at radius 3 is 2.76 bits per heavy atom. The molecule has 3 heterocycles. The van der Waals surface area contributed by atoms with Gasteiger partial charge in [0.15, 0.2) is 0 Å². The van der Waals surface area contributed by atoms with Gasteiger partial charge in [0.05, 0.1) is 17.1 Å². The fraction of sp³-hybridized carbons (Fsp3) is 0.200. The van der Waals surface area contributed by atoms with Crippen molar-refractivity contribution in [3.63, 3.8) is 0 Å². The summed E-state index contributed by atoms with van der Waals surface area (Å²) in [5, 5.41) is 8.17. The molecule has 1 spiro atoms. The summed E-state index contributed by atoms with van der Waals surface area (Å²) >= 11 is 15.4. The summed E-state index contributed by atoms with van der Waals surface area (Å²) in [6.07, 6.45) is 8.68. The van der Waals surface area contributed by atoms with Crippen LogP contribution in [-0.4, -0.2) is 35.6 Å². The van der Waals surface area contributed by atoms with E-state index in [0.717, 1.165) is 37.5 Å². The fourth-order valence-electron chi connectivity index (χ4n) is 5.93. The minimum atomic E-state index is -0.555. The maximum Gasteiger partial charge on any atom is 0.130 e. The molecule has 0 N–H and O–H groups in total. The van der Waals surface area contributed by atoms with Crippen molar-refractivity contribution in [2.75, 3.05) is 13.7 Å². The van der Waals surface area contributed by atoms with Gasteiger partial charge in [0.2, 0.25) is 0 Å². The van der Waals surface area contributed by atoms with Gasteiger partial charge in [-0.2, -0.15) is 5.10 Å². The normalized spacial score (nSPS) is 23.3. The zero-order valence-corrected chi connectivity index (χ0v) is 24.4. The molecule has 3 aromatic rings. The number of amidine groups is 1. The number of piperidine rings is 1. The third-order valence-electron chi connectivity index (χ3n) is 7.43. The maximum absolute atomic E-state index is 6.56. The Morgan fingerprint density at radius 2 is 1.95 bits per heavy atom. The van der Waals surface area contributed by atoms with Crippen LogP contribution < -0.4 is 4.74 Å². The number of halogens is 3. The number of benzene rings is 3. The number of hydrazone groups is 1. The highest BCUT2D eigenvalue weighted by Crippen LogP contribution is 2.60. The van der Waals surface area contributed by atoms with Gasteiger partial charge < -0.3 is 9.64 Å². The minimum absolute atomic E-state index is 0.00241. The van der Waals surface area contributed by atoms with Crippen LogP contribution in [0.1, 0.15) is 35.1 Å².